The average molecular weight is 216 g/mol. The lowest BCUT2D eigenvalue weighted by molar-refractivity contribution is -0.136. The second-order valence-corrected chi connectivity index (χ2v) is 4.69. The van der Waals surface area contributed by atoms with Crippen molar-refractivity contribution in [1.82, 2.24) is 0 Å². The molecule has 2 saturated carbocycles. The molecule has 3 atom stereocenters. The number of hydrogen-bond acceptors (Lipinski definition) is 2. The van der Waals surface area contributed by atoms with Gasteiger partial charge < -0.3 is 0 Å². The SMILES string of the molecule is O=C(CC(=O)C1CC2CCC1C2)C(F)F. The Kier molecular flexibility index (Phi) is 2.85. The molecule has 15 heavy (non-hydrogen) atoms. The van der Waals surface area contributed by atoms with E-state index in [9.17, 15) is 18.4 Å². The van der Waals surface area contributed by atoms with Gasteiger partial charge in [0, 0.05) is 5.92 Å². The van der Waals surface area contributed by atoms with E-state index in [4.69, 9.17) is 0 Å². The molecule has 0 N–H and O–H groups in total. The smallest absolute Gasteiger partial charge is 0.296 e. The molecule has 0 aromatic carbocycles. The van der Waals surface area contributed by atoms with E-state index >= 15 is 0 Å². The largest absolute Gasteiger partial charge is 0.299 e. The van der Waals surface area contributed by atoms with E-state index in [1.165, 1.54) is 0 Å². The molecule has 2 rings (SSSR count). The van der Waals surface area contributed by atoms with Crippen LogP contribution >= 0.6 is 0 Å². The summed E-state index contributed by atoms with van der Waals surface area (Å²) >= 11 is 0. The molecule has 0 spiro atoms. The van der Waals surface area contributed by atoms with Crippen molar-refractivity contribution in [2.45, 2.75) is 38.5 Å². The Balaban J connectivity index is 1.89. The fourth-order valence-electron chi connectivity index (χ4n) is 3.02. The summed E-state index contributed by atoms with van der Waals surface area (Å²) in [5, 5.41) is 0. The summed E-state index contributed by atoms with van der Waals surface area (Å²) in [6.07, 6.45) is 0.513. The van der Waals surface area contributed by atoms with Crippen LogP contribution in [0.3, 0.4) is 0 Å². The molecule has 0 saturated heterocycles. The van der Waals surface area contributed by atoms with Crippen LogP contribution in [0.2, 0.25) is 0 Å². The third-order valence-electron chi connectivity index (χ3n) is 3.74. The van der Waals surface area contributed by atoms with Crippen LogP contribution in [0.1, 0.15) is 32.1 Å². The van der Waals surface area contributed by atoms with Crippen LogP contribution in [0.25, 0.3) is 0 Å². The molecule has 0 aliphatic heterocycles. The summed E-state index contributed by atoms with van der Waals surface area (Å²) in [6, 6.07) is 0. The number of alkyl halides is 2. The first kappa shape index (κ1) is 10.7. The van der Waals surface area contributed by atoms with Crippen LogP contribution in [0.5, 0.6) is 0 Å². The fourth-order valence-corrected chi connectivity index (χ4v) is 3.02. The number of Topliss-reactive ketones (excluding diaryl/α,β-unsaturated/α-hetero) is 2. The van der Waals surface area contributed by atoms with Gasteiger partial charge in [-0.25, -0.2) is 8.78 Å². The highest BCUT2D eigenvalue weighted by atomic mass is 19.3. The molecule has 2 bridgehead atoms. The van der Waals surface area contributed by atoms with Crippen molar-refractivity contribution in [2.24, 2.45) is 17.8 Å². The van der Waals surface area contributed by atoms with Crippen molar-refractivity contribution in [1.29, 1.82) is 0 Å². The van der Waals surface area contributed by atoms with Gasteiger partial charge in [0.1, 0.15) is 5.78 Å². The van der Waals surface area contributed by atoms with Crippen LogP contribution in [0, 0.1) is 17.8 Å². The number of ketones is 2. The fraction of sp³-hybridized carbons (Fsp3) is 0.818. The monoisotopic (exact) mass is 216 g/mol. The third-order valence-corrected chi connectivity index (χ3v) is 3.74. The van der Waals surface area contributed by atoms with Gasteiger partial charge >= 0.3 is 0 Å². The minimum Gasteiger partial charge on any atom is -0.299 e. The van der Waals surface area contributed by atoms with E-state index in [1.54, 1.807) is 0 Å². The van der Waals surface area contributed by atoms with Crippen molar-refractivity contribution in [3.8, 4) is 0 Å². The van der Waals surface area contributed by atoms with Crippen LogP contribution < -0.4 is 0 Å². The van der Waals surface area contributed by atoms with Crippen LogP contribution in [-0.4, -0.2) is 18.0 Å². The number of fused-ring (bicyclic) bond motifs is 2. The summed E-state index contributed by atoms with van der Waals surface area (Å²) in [4.78, 5) is 22.3. The van der Waals surface area contributed by atoms with E-state index in [0.717, 1.165) is 25.7 Å². The maximum Gasteiger partial charge on any atom is 0.296 e. The molecule has 84 valence electrons. The molecular weight excluding hydrogens is 202 g/mol. The molecule has 3 unspecified atom stereocenters. The molecule has 4 heteroatoms. The molecule has 2 fully saturated rings. The summed E-state index contributed by atoms with van der Waals surface area (Å²) in [7, 11) is 0. The van der Waals surface area contributed by atoms with Crippen LogP contribution in [0.4, 0.5) is 8.78 Å². The predicted octanol–water partition coefficient (Wildman–Crippen LogP) is 2.22. The van der Waals surface area contributed by atoms with Gasteiger partial charge in [-0.1, -0.05) is 6.42 Å². The van der Waals surface area contributed by atoms with Crippen LogP contribution in [-0.2, 0) is 9.59 Å². The normalized spacial score (nSPS) is 33.7. The molecule has 0 aromatic heterocycles. The van der Waals surface area contributed by atoms with Crippen molar-refractivity contribution >= 4 is 11.6 Å². The highest BCUT2D eigenvalue weighted by Gasteiger charge is 2.43. The zero-order valence-electron chi connectivity index (χ0n) is 8.42. The highest BCUT2D eigenvalue weighted by molar-refractivity contribution is 6.01. The van der Waals surface area contributed by atoms with Crippen molar-refractivity contribution in [2.75, 3.05) is 0 Å². The van der Waals surface area contributed by atoms with Gasteiger partial charge in [0.2, 0.25) is 5.78 Å². The Hall–Kier alpha value is -0.800. The summed E-state index contributed by atoms with van der Waals surface area (Å²) in [6.45, 7) is 0. The van der Waals surface area contributed by atoms with Crippen molar-refractivity contribution < 1.29 is 18.4 Å². The Labute approximate surface area is 87.0 Å². The van der Waals surface area contributed by atoms with Gasteiger partial charge in [0.15, 0.2) is 0 Å². The maximum absolute atomic E-state index is 12.0. The zero-order valence-corrected chi connectivity index (χ0v) is 8.42. The minimum atomic E-state index is -2.99. The van der Waals surface area contributed by atoms with Crippen molar-refractivity contribution in [3.05, 3.63) is 0 Å². The number of halogens is 2. The van der Waals surface area contributed by atoms with Gasteiger partial charge in [-0.15, -0.1) is 0 Å². The zero-order chi connectivity index (χ0) is 11.0. The maximum atomic E-state index is 12.0. The molecule has 2 aliphatic carbocycles. The summed E-state index contributed by atoms with van der Waals surface area (Å²) in [5.41, 5.74) is 0. The quantitative estimate of drug-likeness (QED) is 0.675. The molecule has 0 aromatic rings. The second kappa shape index (κ2) is 3.99. The lowest BCUT2D eigenvalue weighted by Gasteiger charge is -2.19. The van der Waals surface area contributed by atoms with Gasteiger partial charge in [-0.3, -0.25) is 9.59 Å². The van der Waals surface area contributed by atoms with Crippen LogP contribution in [0.15, 0.2) is 0 Å². The summed E-state index contributed by atoms with van der Waals surface area (Å²) in [5.74, 6) is -0.611. The number of carbonyl (C=O) groups is 2. The van der Waals surface area contributed by atoms with Crippen molar-refractivity contribution in [3.63, 3.8) is 0 Å². The minimum absolute atomic E-state index is 0.105. The van der Waals surface area contributed by atoms with Gasteiger partial charge in [-0.2, -0.15) is 0 Å². The first-order chi connectivity index (χ1) is 7.08. The Morgan fingerprint density at radius 3 is 2.40 bits per heavy atom. The Morgan fingerprint density at radius 1 is 1.20 bits per heavy atom. The molecular formula is C11H14F2O2. The van der Waals surface area contributed by atoms with Gasteiger partial charge in [0.25, 0.3) is 6.43 Å². The van der Waals surface area contributed by atoms with E-state index in [1.807, 2.05) is 0 Å². The summed E-state index contributed by atoms with van der Waals surface area (Å²) < 4.78 is 23.9. The molecule has 0 heterocycles. The number of hydrogen-bond donors (Lipinski definition) is 0. The second-order valence-electron chi connectivity index (χ2n) is 4.69. The lowest BCUT2D eigenvalue weighted by Crippen LogP contribution is -2.25. The van der Waals surface area contributed by atoms with Gasteiger partial charge in [0.05, 0.1) is 6.42 Å². The van der Waals surface area contributed by atoms with E-state index in [2.05, 4.69) is 0 Å². The van der Waals surface area contributed by atoms with E-state index in [-0.39, 0.29) is 11.7 Å². The number of rotatable bonds is 4. The average Bonchev–Trinajstić information content (AvgIpc) is 2.78. The first-order valence-electron chi connectivity index (χ1n) is 5.41. The topological polar surface area (TPSA) is 34.1 Å². The Morgan fingerprint density at radius 2 is 1.93 bits per heavy atom. The predicted molar refractivity (Wildman–Crippen MR) is 49.6 cm³/mol. The Bertz CT molecular complexity index is 288. The number of carbonyl (C=O) groups excluding carboxylic acids is 2. The molecule has 0 amide bonds. The van der Waals surface area contributed by atoms with E-state index in [0.29, 0.717) is 11.8 Å². The molecule has 0 radical (unpaired) electrons. The third kappa shape index (κ3) is 2.08. The highest BCUT2D eigenvalue weighted by Crippen LogP contribution is 2.48. The van der Waals surface area contributed by atoms with Gasteiger partial charge in [-0.05, 0) is 31.1 Å². The standard InChI is InChI=1S/C11H14F2O2/c12-11(13)10(15)5-9(14)8-4-6-1-2-7(8)3-6/h6-8,11H,1-5H2. The molecule has 2 nitrogen and oxygen atoms in total. The first-order valence-corrected chi connectivity index (χ1v) is 5.41. The van der Waals surface area contributed by atoms with E-state index < -0.39 is 18.6 Å². The lowest BCUT2D eigenvalue weighted by atomic mass is 9.84. The molecule has 2 aliphatic rings.